The molecule has 5 heteroatoms. The van der Waals surface area contributed by atoms with Crippen LogP contribution >= 0.6 is 0 Å². The number of halogens is 2. The van der Waals surface area contributed by atoms with E-state index < -0.39 is 12.5 Å². The Morgan fingerprint density at radius 1 is 1.29 bits per heavy atom. The van der Waals surface area contributed by atoms with E-state index in [-0.39, 0.29) is 12.5 Å². The maximum atomic E-state index is 11.9. The van der Waals surface area contributed by atoms with Crippen molar-refractivity contribution in [1.29, 1.82) is 0 Å². The van der Waals surface area contributed by atoms with E-state index in [1.165, 1.54) is 0 Å². The van der Waals surface area contributed by atoms with Crippen molar-refractivity contribution in [3.05, 3.63) is 0 Å². The van der Waals surface area contributed by atoms with Gasteiger partial charge in [-0.15, -0.1) is 0 Å². The van der Waals surface area contributed by atoms with Gasteiger partial charge in [-0.3, -0.25) is 0 Å². The molecule has 86 valence electrons. The molecular formula is C9H20F2N2O. The van der Waals surface area contributed by atoms with Crippen LogP contribution in [0.25, 0.3) is 0 Å². The molecule has 0 fully saturated rings. The van der Waals surface area contributed by atoms with Gasteiger partial charge in [-0.2, -0.15) is 0 Å². The number of aliphatic hydroxyl groups excluding tert-OH is 1. The van der Waals surface area contributed by atoms with Crippen LogP contribution < -0.4 is 11.1 Å². The first kappa shape index (κ1) is 13.7. The van der Waals surface area contributed by atoms with Gasteiger partial charge in [-0.05, 0) is 24.9 Å². The Bertz CT molecular complexity index is 145. The van der Waals surface area contributed by atoms with Gasteiger partial charge >= 0.3 is 0 Å². The van der Waals surface area contributed by atoms with Crippen LogP contribution in [-0.4, -0.2) is 37.3 Å². The first-order valence-corrected chi connectivity index (χ1v) is 4.86. The highest BCUT2D eigenvalue weighted by molar-refractivity contribution is 4.69. The molecule has 2 atom stereocenters. The molecule has 0 aliphatic heterocycles. The van der Waals surface area contributed by atoms with E-state index in [2.05, 4.69) is 5.32 Å². The number of alkyl halides is 2. The van der Waals surface area contributed by atoms with Crippen molar-refractivity contribution in [2.75, 3.05) is 19.6 Å². The fourth-order valence-electron chi connectivity index (χ4n) is 1.10. The summed E-state index contributed by atoms with van der Waals surface area (Å²) < 4.78 is 23.8. The molecule has 0 spiro atoms. The smallest absolute Gasteiger partial charge is 0.265 e. The van der Waals surface area contributed by atoms with Crippen LogP contribution in [0.3, 0.4) is 0 Å². The standard InChI is InChI=1S/C9H20F2N2O/c1-6(2)7(3-12)4-13-5-8(14)9(10)11/h6-9,13-14H,3-5,12H2,1-2H3. The van der Waals surface area contributed by atoms with Crippen molar-refractivity contribution < 1.29 is 13.9 Å². The topological polar surface area (TPSA) is 58.3 Å². The first-order valence-electron chi connectivity index (χ1n) is 4.86. The first-order chi connectivity index (χ1) is 6.49. The van der Waals surface area contributed by atoms with Gasteiger partial charge in [0.25, 0.3) is 6.43 Å². The minimum absolute atomic E-state index is 0.0825. The van der Waals surface area contributed by atoms with E-state index in [9.17, 15) is 8.78 Å². The summed E-state index contributed by atoms with van der Waals surface area (Å²) in [5.74, 6) is 0.677. The molecule has 0 amide bonds. The van der Waals surface area contributed by atoms with Crippen molar-refractivity contribution >= 4 is 0 Å². The average Bonchev–Trinajstić information content (AvgIpc) is 2.11. The van der Waals surface area contributed by atoms with Crippen molar-refractivity contribution in [1.82, 2.24) is 5.32 Å². The lowest BCUT2D eigenvalue weighted by Crippen LogP contribution is -2.38. The Kier molecular flexibility index (Phi) is 6.96. The van der Waals surface area contributed by atoms with Crippen molar-refractivity contribution in [2.24, 2.45) is 17.6 Å². The summed E-state index contributed by atoms with van der Waals surface area (Å²) in [6, 6.07) is 0. The number of rotatable bonds is 7. The molecule has 0 aromatic heterocycles. The maximum Gasteiger partial charge on any atom is 0.265 e. The summed E-state index contributed by atoms with van der Waals surface area (Å²) >= 11 is 0. The lowest BCUT2D eigenvalue weighted by molar-refractivity contribution is -0.00376. The molecule has 2 unspecified atom stereocenters. The number of aliphatic hydroxyl groups is 1. The lowest BCUT2D eigenvalue weighted by atomic mass is 9.96. The Labute approximate surface area is 83.7 Å². The summed E-state index contributed by atoms with van der Waals surface area (Å²) in [7, 11) is 0. The third kappa shape index (κ3) is 5.47. The fourth-order valence-corrected chi connectivity index (χ4v) is 1.10. The number of nitrogens with two attached hydrogens (primary N) is 1. The molecule has 0 heterocycles. The lowest BCUT2D eigenvalue weighted by Gasteiger charge is -2.20. The van der Waals surface area contributed by atoms with Crippen LogP contribution in [0, 0.1) is 11.8 Å². The van der Waals surface area contributed by atoms with Crippen LogP contribution in [0.5, 0.6) is 0 Å². The van der Waals surface area contributed by atoms with Crippen molar-refractivity contribution in [3.8, 4) is 0 Å². The van der Waals surface area contributed by atoms with Crippen LogP contribution in [0.1, 0.15) is 13.8 Å². The van der Waals surface area contributed by atoms with Gasteiger partial charge in [0.2, 0.25) is 0 Å². The van der Waals surface area contributed by atoms with Crippen molar-refractivity contribution in [2.45, 2.75) is 26.4 Å². The molecule has 0 radical (unpaired) electrons. The highest BCUT2D eigenvalue weighted by atomic mass is 19.3. The molecular weight excluding hydrogens is 190 g/mol. The van der Waals surface area contributed by atoms with Gasteiger partial charge in [-0.25, -0.2) is 8.78 Å². The predicted molar refractivity (Wildman–Crippen MR) is 52.3 cm³/mol. The molecule has 3 nitrogen and oxygen atoms in total. The third-order valence-electron chi connectivity index (χ3n) is 2.30. The summed E-state index contributed by atoms with van der Waals surface area (Å²) in [5, 5.41) is 11.6. The molecule has 0 rings (SSSR count). The third-order valence-corrected chi connectivity index (χ3v) is 2.30. The zero-order chi connectivity index (χ0) is 11.1. The van der Waals surface area contributed by atoms with Crippen LogP contribution in [0.4, 0.5) is 8.78 Å². The number of hydrogen-bond acceptors (Lipinski definition) is 3. The van der Waals surface area contributed by atoms with Crippen LogP contribution in [0.15, 0.2) is 0 Å². The van der Waals surface area contributed by atoms with E-state index in [0.29, 0.717) is 19.0 Å². The highest BCUT2D eigenvalue weighted by Crippen LogP contribution is 2.07. The zero-order valence-electron chi connectivity index (χ0n) is 8.71. The molecule has 14 heavy (non-hydrogen) atoms. The largest absolute Gasteiger partial charge is 0.386 e. The molecule has 0 bridgehead atoms. The van der Waals surface area contributed by atoms with E-state index in [4.69, 9.17) is 10.8 Å². The summed E-state index contributed by atoms with van der Waals surface area (Å²) in [4.78, 5) is 0. The Morgan fingerprint density at radius 2 is 1.86 bits per heavy atom. The number of nitrogens with one attached hydrogen (secondary N) is 1. The zero-order valence-corrected chi connectivity index (χ0v) is 8.71. The second-order valence-corrected chi connectivity index (χ2v) is 3.80. The Morgan fingerprint density at radius 3 is 2.21 bits per heavy atom. The van der Waals surface area contributed by atoms with Gasteiger partial charge in [-0.1, -0.05) is 13.8 Å². The molecule has 0 saturated carbocycles. The molecule has 0 aliphatic rings. The average molecular weight is 210 g/mol. The molecule has 0 aromatic rings. The highest BCUT2D eigenvalue weighted by Gasteiger charge is 2.17. The Balaban J connectivity index is 3.61. The Hall–Kier alpha value is -0.260. The minimum Gasteiger partial charge on any atom is -0.386 e. The number of hydrogen-bond donors (Lipinski definition) is 3. The summed E-state index contributed by atoms with van der Waals surface area (Å²) in [5.41, 5.74) is 5.50. The normalized spacial score (nSPS) is 16.3. The molecule has 4 N–H and O–H groups in total. The monoisotopic (exact) mass is 210 g/mol. The molecule has 0 aromatic carbocycles. The van der Waals surface area contributed by atoms with Gasteiger partial charge < -0.3 is 16.2 Å². The van der Waals surface area contributed by atoms with E-state index in [1.54, 1.807) is 0 Å². The molecule has 0 aliphatic carbocycles. The fraction of sp³-hybridized carbons (Fsp3) is 1.00. The summed E-state index contributed by atoms with van der Waals surface area (Å²) in [6.07, 6.45) is -4.27. The predicted octanol–water partition coefficient (Wildman–Crippen LogP) is 0.433. The van der Waals surface area contributed by atoms with E-state index >= 15 is 0 Å². The van der Waals surface area contributed by atoms with Gasteiger partial charge in [0.05, 0.1) is 0 Å². The van der Waals surface area contributed by atoms with Crippen LogP contribution in [-0.2, 0) is 0 Å². The summed E-state index contributed by atoms with van der Waals surface area (Å²) in [6.45, 7) is 5.07. The van der Waals surface area contributed by atoms with Gasteiger partial charge in [0, 0.05) is 6.54 Å². The minimum atomic E-state index is -2.68. The quantitative estimate of drug-likeness (QED) is 0.571. The van der Waals surface area contributed by atoms with E-state index in [0.717, 1.165) is 0 Å². The van der Waals surface area contributed by atoms with Gasteiger partial charge in [0.1, 0.15) is 6.10 Å². The second kappa shape index (κ2) is 7.09. The molecule has 0 saturated heterocycles. The van der Waals surface area contributed by atoms with E-state index in [1.807, 2.05) is 13.8 Å². The SMILES string of the molecule is CC(C)C(CN)CNCC(O)C(F)F. The maximum absolute atomic E-state index is 11.9. The van der Waals surface area contributed by atoms with Crippen molar-refractivity contribution in [3.63, 3.8) is 0 Å². The van der Waals surface area contributed by atoms with Gasteiger partial charge in [0.15, 0.2) is 0 Å². The second-order valence-electron chi connectivity index (χ2n) is 3.80. The van der Waals surface area contributed by atoms with Crippen LogP contribution in [0.2, 0.25) is 0 Å².